The Labute approximate surface area is 112 Å². The van der Waals surface area contributed by atoms with Gasteiger partial charge in [-0.3, -0.25) is 14.4 Å². The molecule has 0 saturated heterocycles. The second-order valence-electron chi connectivity index (χ2n) is 4.33. The topological polar surface area (TPSA) is 75.3 Å². The quantitative estimate of drug-likeness (QED) is 0.798. The standard InChI is InChI=1S/C14H18N2O3/c1-4-11-5-6-12(15-10(3)18)8-13(11)16-14(19)7-9(2)17/h5-6,8H,4,7H2,1-3H3,(H,15,18)(H,16,19). The highest BCUT2D eigenvalue weighted by Crippen LogP contribution is 2.22. The molecule has 0 saturated carbocycles. The Morgan fingerprint density at radius 1 is 1.11 bits per heavy atom. The lowest BCUT2D eigenvalue weighted by atomic mass is 10.1. The molecule has 5 nitrogen and oxygen atoms in total. The summed E-state index contributed by atoms with van der Waals surface area (Å²) in [5.41, 5.74) is 2.19. The summed E-state index contributed by atoms with van der Waals surface area (Å²) in [4.78, 5) is 33.5. The zero-order chi connectivity index (χ0) is 14.4. The summed E-state index contributed by atoms with van der Waals surface area (Å²) in [5.74, 6) is -0.707. The molecule has 0 fully saturated rings. The fourth-order valence-corrected chi connectivity index (χ4v) is 1.70. The number of aryl methyl sites for hydroxylation is 1. The maximum atomic E-state index is 11.6. The molecule has 19 heavy (non-hydrogen) atoms. The van der Waals surface area contributed by atoms with Crippen LogP contribution in [0, 0.1) is 0 Å². The van der Waals surface area contributed by atoms with Gasteiger partial charge in [0.05, 0.1) is 6.42 Å². The van der Waals surface area contributed by atoms with Crippen molar-refractivity contribution in [2.45, 2.75) is 33.6 Å². The third kappa shape index (κ3) is 4.91. The van der Waals surface area contributed by atoms with Crippen LogP contribution in [0.25, 0.3) is 0 Å². The van der Waals surface area contributed by atoms with Crippen molar-refractivity contribution in [2.24, 2.45) is 0 Å². The van der Waals surface area contributed by atoms with E-state index >= 15 is 0 Å². The van der Waals surface area contributed by atoms with Crippen LogP contribution >= 0.6 is 0 Å². The van der Waals surface area contributed by atoms with Crippen molar-refractivity contribution >= 4 is 29.0 Å². The Morgan fingerprint density at radius 3 is 2.32 bits per heavy atom. The van der Waals surface area contributed by atoms with Crippen molar-refractivity contribution in [2.75, 3.05) is 10.6 Å². The number of benzene rings is 1. The first kappa shape index (κ1) is 14.9. The first-order valence-electron chi connectivity index (χ1n) is 6.12. The van der Waals surface area contributed by atoms with Gasteiger partial charge in [0.15, 0.2) is 0 Å². The molecule has 5 heteroatoms. The molecule has 1 rings (SSSR count). The third-order valence-electron chi connectivity index (χ3n) is 2.49. The largest absolute Gasteiger partial charge is 0.326 e. The zero-order valence-corrected chi connectivity index (χ0v) is 11.4. The summed E-state index contributed by atoms with van der Waals surface area (Å²) in [5, 5.41) is 5.35. The van der Waals surface area contributed by atoms with Crippen molar-refractivity contribution in [1.82, 2.24) is 0 Å². The van der Waals surface area contributed by atoms with Gasteiger partial charge in [0.2, 0.25) is 11.8 Å². The monoisotopic (exact) mass is 262 g/mol. The molecular weight excluding hydrogens is 244 g/mol. The van der Waals surface area contributed by atoms with Gasteiger partial charge in [-0.25, -0.2) is 0 Å². The van der Waals surface area contributed by atoms with E-state index in [0.29, 0.717) is 11.4 Å². The van der Waals surface area contributed by atoms with Crippen LogP contribution in [0.2, 0.25) is 0 Å². The number of anilines is 2. The Morgan fingerprint density at radius 2 is 1.79 bits per heavy atom. The Kier molecular flexibility index (Phi) is 5.23. The van der Waals surface area contributed by atoms with E-state index in [4.69, 9.17) is 0 Å². The van der Waals surface area contributed by atoms with Crippen LogP contribution in [0.5, 0.6) is 0 Å². The molecule has 0 aliphatic rings. The summed E-state index contributed by atoms with van der Waals surface area (Å²) in [6.07, 6.45) is 0.601. The molecule has 1 aromatic rings. The average Bonchev–Trinajstić information content (AvgIpc) is 2.27. The highest BCUT2D eigenvalue weighted by Gasteiger charge is 2.09. The van der Waals surface area contributed by atoms with E-state index in [1.807, 2.05) is 13.0 Å². The minimum atomic E-state index is -0.345. The van der Waals surface area contributed by atoms with E-state index in [1.165, 1.54) is 13.8 Å². The maximum absolute atomic E-state index is 11.6. The number of carbonyl (C=O) groups is 3. The minimum absolute atomic E-state index is 0.145. The molecule has 0 heterocycles. The number of rotatable bonds is 5. The number of carbonyl (C=O) groups excluding carboxylic acids is 3. The van der Waals surface area contributed by atoms with E-state index in [1.54, 1.807) is 12.1 Å². The molecule has 0 atom stereocenters. The van der Waals surface area contributed by atoms with Gasteiger partial charge in [0.25, 0.3) is 0 Å². The molecule has 0 aliphatic carbocycles. The van der Waals surface area contributed by atoms with Gasteiger partial charge in [0.1, 0.15) is 5.78 Å². The van der Waals surface area contributed by atoms with E-state index in [0.717, 1.165) is 12.0 Å². The number of hydrogen-bond donors (Lipinski definition) is 2. The predicted molar refractivity (Wildman–Crippen MR) is 74.1 cm³/mol. The zero-order valence-electron chi connectivity index (χ0n) is 11.4. The van der Waals surface area contributed by atoms with Crippen molar-refractivity contribution < 1.29 is 14.4 Å². The average molecular weight is 262 g/mol. The molecule has 0 radical (unpaired) electrons. The summed E-state index contributed by atoms with van der Waals surface area (Å²) in [7, 11) is 0. The first-order chi connectivity index (χ1) is 8.92. The van der Waals surface area contributed by atoms with Crippen molar-refractivity contribution in [3.05, 3.63) is 23.8 Å². The third-order valence-corrected chi connectivity index (χ3v) is 2.49. The lowest BCUT2D eigenvalue weighted by Crippen LogP contribution is -2.16. The normalized spacial score (nSPS) is 9.84. The molecule has 0 unspecified atom stereocenters. The second-order valence-corrected chi connectivity index (χ2v) is 4.33. The van der Waals surface area contributed by atoms with Crippen molar-refractivity contribution in [1.29, 1.82) is 0 Å². The lowest BCUT2D eigenvalue weighted by Gasteiger charge is -2.12. The van der Waals surface area contributed by atoms with Gasteiger partial charge in [0, 0.05) is 18.3 Å². The Balaban J connectivity index is 2.92. The molecule has 0 aliphatic heterocycles. The number of amides is 2. The van der Waals surface area contributed by atoms with Crippen molar-refractivity contribution in [3.63, 3.8) is 0 Å². The van der Waals surface area contributed by atoms with E-state index < -0.39 is 0 Å². The fourth-order valence-electron chi connectivity index (χ4n) is 1.70. The van der Waals surface area contributed by atoms with Gasteiger partial charge in [-0.05, 0) is 31.0 Å². The molecule has 102 valence electrons. The summed E-state index contributed by atoms with van der Waals surface area (Å²) < 4.78 is 0. The molecular formula is C14H18N2O3. The highest BCUT2D eigenvalue weighted by atomic mass is 16.2. The lowest BCUT2D eigenvalue weighted by molar-refractivity contribution is -0.124. The van der Waals surface area contributed by atoms with E-state index in [-0.39, 0.29) is 24.0 Å². The van der Waals surface area contributed by atoms with Crippen LogP contribution in [0.4, 0.5) is 11.4 Å². The first-order valence-corrected chi connectivity index (χ1v) is 6.12. The summed E-state index contributed by atoms with van der Waals surface area (Å²) >= 11 is 0. The number of ketones is 1. The SMILES string of the molecule is CCc1ccc(NC(C)=O)cc1NC(=O)CC(C)=O. The van der Waals surface area contributed by atoms with Crippen LogP contribution in [0.3, 0.4) is 0 Å². The Hall–Kier alpha value is -2.17. The molecule has 1 aromatic carbocycles. The Bertz CT molecular complexity index is 509. The molecule has 2 N–H and O–H groups in total. The van der Waals surface area contributed by atoms with Crippen LogP contribution in [0.1, 0.15) is 32.8 Å². The number of nitrogens with one attached hydrogen (secondary N) is 2. The van der Waals surface area contributed by atoms with Crippen LogP contribution < -0.4 is 10.6 Å². The minimum Gasteiger partial charge on any atom is -0.326 e. The van der Waals surface area contributed by atoms with Gasteiger partial charge in [-0.15, -0.1) is 0 Å². The molecule has 0 spiro atoms. The predicted octanol–water partition coefficient (Wildman–Crippen LogP) is 2.12. The highest BCUT2D eigenvalue weighted by molar-refractivity contribution is 6.04. The number of hydrogen-bond acceptors (Lipinski definition) is 3. The maximum Gasteiger partial charge on any atom is 0.231 e. The van der Waals surface area contributed by atoms with Crippen LogP contribution in [0.15, 0.2) is 18.2 Å². The van der Waals surface area contributed by atoms with Gasteiger partial charge in [-0.2, -0.15) is 0 Å². The van der Waals surface area contributed by atoms with E-state index in [2.05, 4.69) is 10.6 Å². The number of Topliss-reactive ketones (excluding diaryl/α,β-unsaturated/α-hetero) is 1. The van der Waals surface area contributed by atoms with Crippen molar-refractivity contribution in [3.8, 4) is 0 Å². The molecule has 0 aromatic heterocycles. The fraction of sp³-hybridized carbons (Fsp3) is 0.357. The van der Waals surface area contributed by atoms with Crippen LogP contribution in [-0.4, -0.2) is 17.6 Å². The van der Waals surface area contributed by atoms with E-state index in [9.17, 15) is 14.4 Å². The second kappa shape index (κ2) is 6.68. The van der Waals surface area contributed by atoms with Crippen LogP contribution in [-0.2, 0) is 20.8 Å². The molecule has 0 bridgehead atoms. The van der Waals surface area contributed by atoms with Gasteiger partial charge in [-0.1, -0.05) is 13.0 Å². The summed E-state index contributed by atoms with van der Waals surface area (Å²) in [6.45, 7) is 4.75. The van der Waals surface area contributed by atoms with Gasteiger partial charge < -0.3 is 10.6 Å². The smallest absolute Gasteiger partial charge is 0.231 e. The summed E-state index contributed by atoms with van der Waals surface area (Å²) in [6, 6.07) is 5.31. The van der Waals surface area contributed by atoms with Gasteiger partial charge >= 0.3 is 0 Å². The molecule has 2 amide bonds.